The van der Waals surface area contributed by atoms with Crippen molar-refractivity contribution in [3.05, 3.63) is 17.7 Å². The van der Waals surface area contributed by atoms with Gasteiger partial charge >= 0.3 is 0 Å². The van der Waals surface area contributed by atoms with Crippen molar-refractivity contribution in [1.82, 2.24) is 9.55 Å². The van der Waals surface area contributed by atoms with E-state index in [2.05, 4.69) is 31.3 Å². The summed E-state index contributed by atoms with van der Waals surface area (Å²) in [5, 5.41) is 0.507. The topological polar surface area (TPSA) is 27.1 Å². The molecule has 1 heterocycles. The van der Waals surface area contributed by atoms with Gasteiger partial charge in [0, 0.05) is 12.6 Å². The highest BCUT2D eigenvalue weighted by Gasteiger charge is 2.30. The average Bonchev–Trinajstić information content (AvgIpc) is 2.59. The lowest BCUT2D eigenvalue weighted by Crippen LogP contribution is -2.31. The number of rotatable bonds is 6. The van der Waals surface area contributed by atoms with Crippen LogP contribution in [0.4, 0.5) is 0 Å². The lowest BCUT2D eigenvalue weighted by Gasteiger charge is -2.20. The number of halogens is 1. The largest absolute Gasteiger partial charge is 0.361 e. The second-order valence-corrected chi connectivity index (χ2v) is 7.70. The van der Waals surface area contributed by atoms with Crippen LogP contribution in [0.2, 0.25) is 5.15 Å². The van der Waals surface area contributed by atoms with E-state index in [4.69, 9.17) is 16.3 Å². The third-order valence-corrected chi connectivity index (χ3v) is 5.41. The highest BCUT2D eigenvalue weighted by Crippen LogP contribution is 2.19. The summed E-state index contributed by atoms with van der Waals surface area (Å²) in [7, 11) is 0.410. The Hall–Kier alpha value is -0.190. The summed E-state index contributed by atoms with van der Waals surface area (Å²) < 4.78 is 7.78. The van der Waals surface area contributed by atoms with Gasteiger partial charge in [0.25, 0.3) is 0 Å². The summed E-state index contributed by atoms with van der Waals surface area (Å²) >= 11 is 5.70. The van der Waals surface area contributed by atoms with E-state index >= 15 is 0 Å². The molecular weight excluding hydrogens is 244 g/mol. The van der Waals surface area contributed by atoms with Gasteiger partial charge in [-0.2, -0.15) is 0 Å². The monoisotopic (exact) mass is 263 g/mol. The highest BCUT2D eigenvalue weighted by molar-refractivity contribution is 7.96. The van der Waals surface area contributed by atoms with Crippen LogP contribution >= 0.6 is 11.6 Å². The van der Waals surface area contributed by atoms with Crippen LogP contribution in [0, 0.1) is 0 Å². The zero-order valence-electron chi connectivity index (χ0n) is 10.4. The molecule has 0 N–H and O–H groups in total. The van der Waals surface area contributed by atoms with E-state index in [9.17, 15) is 0 Å². The first-order valence-electron chi connectivity index (χ1n) is 5.24. The van der Waals surface area contributed by atoms with Gasteiger partial charge in [-0.05, 0) is 24.7 Å². The van der Waals surface area contributed by atoms with Crippen LogP contribution in [0.1, 0.15) is 20.3 Å². The first kappa shape index (κ1) is 13.9. The van der Waals surface area contributed by atoms with E-state index in [1.165, 1.54) is 0 Å². The lowest BCUT2D eigenvalue weighted by molar-refractivity contribution is 0.0713. The van der Waals surface area contributed by atoms with Crippen LogP contribution in [-0.4, -0.2) is 33.4 Å². The van der Waals surface area contributed by atoms with Gasteiger partial charge in [-0.3, -0.25) is 0 Å². The van der Waals surface area contributed by atoms with Gasteiger partial charge in [0.1, 0.15) is 16.6 Å². The molecule has 0 aliphatic carbocycles. The van der Waals surface area contributed by atoms with Crippen molar-refractivity contribution in [3.63, 3.8) is 0 Å². The van der Waals surface area contributed by atoms with Gasteiger partial charge in [0.15, 0.2) is 0 Å². The zero-order chi connectivity index (χ0) is 12.2. The van der Waals surface area contributed by atoms with Crippen LogP contribution in [-0.2, 0) is 22.4 Å². The summed E-state index contributed by atoms with van der Waals surface area (Å²) in [6.07, 6.45) is 9.06. The smallest absolute Gasteiger partial charge is 0.147 e. The maximum Gasteiger partial charge on any atom is 0.147 e. The zero-order valence-corrected chi connectivity index (χ0v) is 11.9. The predicted molar refractivity (Wildman–Crippen MR) is 71.1 cm³/mol. The molecule has 5 heteroatoms. The Kier molecular flexibility index (Phi) is 5.15. The Morgan fingerprint density at radius 1 is 1.50 bits per heavy atom. The molecule has 16 heavy (non-hydrogen) atoms. The predicted octanol–water partition coefficient (Wildman–Crippen LogP) is 2.56. The number of nitrogens with zero attached hydrogens (tertiary/aromatic N) is 2. The number of hydrogen-bond donors (Lipinski definition) is 0. The van der Waals surface area contributed by atoms with Crippen molar-refractivity contribution < 1.29 is 4.74 Å². The van der Waals surface area contributed by atoms with Gasteiger partial charge < -0.3 is 9.30 Å². The molecule has 0 amide bonds. The normalized spacial score (nSPS) is 12.4. The molecule has 0 bridgehead atoms. The van der Waals surface area contributed by atoms with Crippen LogP contribution in [0.5, 0.6) is 0 Å². The molecule has 0 aromatic carbocycles. The Morgan fingerprint density at radius 2 is 2.19 bits per heavy atom. The number of ether oxygens (including phenoxy) is 1. The van der Waals surface area contributed by atoms with Crippen LogP contribution in [0.3, 0.4) is 0 Å². The third-order valence-electron chi connectivity index (χ3n) is 2.80. The van der Waals surface area contributed by atoms with Crippen molar-refractivity contribution in [1.29, 1.82) is 0 Å². The van der Waals surface area contributed by atoms with Crippen molar-refractivity contribution in [2.75, 3.05) is 19.1 Å². The Labute approximate surface area is 105 Å². The molecule has 0 saturated heterocycles. The fourth-order valence-electron chi connectivity index (χ4n) is 1.10. The van der Waals surface area contributed by atoms with Crippen LogP contribution < -0.4 is 0 Å². The van der Waals surface area contributed by atoms with Gasteiger partial charge in [-0.15, -0.1) is 0 Å². The third kappa shape index (κ3) is 4.36. The molecule has 92 valence electrons. The molecule has 1 aromatic rings. The minimum Gasteiger partial charge on any atom is -0.361 e. The van der Waals surface area contributed by atoms with Gasteiger partial charge in [0.05, 0.1) is 25.4 Å². The molecule has 1 rings (SSSR count). The summed E-state index contributed by atoms with van der Waals surface area (Å²) in [4.78, 5) is 3.92. The molecule has 3 nitrogen and oxygen atoms in total. The molecule has 0 fully saturated rings. The Balaban J connectivity index is 2.22. The molecule has 0 saturated carbocycles. The van der Waals surface area contributed by atoms with E-state index < -0.39 is 0 Å². The second-order valence-electron chi connectivity index (χ2n) is 4.57. The van der Waals surface area contributed by atoms with E-state index in [0.29, 0.717) is 27.5 Å². The molecule has 0 atom stereocenters. The minimum absolute atomic E-state index is 0.354. The van der Waals surface area contributed by atoms with Crippen molar-refractivity contribution in [2.45, 2.75) is 31.7 Å². The quantitative estimate of drug-likeness (QED) is 0.583. The number of imidazole rings is 1. The highest BCUT2D eigenvalue weighted by atomic mass is 35.5. The molecule has 0 spiro atoms. The SMILES string of the molecule is C[S+](C)C(C)(C)CCOCn1cnc(Cl)c1. The molecule has 0 radical (unpaired) electrons. The maximum atomic E-state index is 5.70. The van der Waals surface area contributed by atoms with E-state index in [1.54, 1.807) is 12.5 Å². The minimum atomic E-state index is 0.354. The molecule has 0 aliphatic heterocycles. The maximum absolute atomic E-state index is 5.70. The first-order chi connectivity index (χ1) is 7.42. The lowest BCUT2D eigenvalue weighted by atomic mass is 10.1. The van der Waals surface area contributed by atoms with E-state index in [0.717, 1.165) is 13.0 Å². The molecule has 1 aromatic heterocycles. The first-order valence-corrected chi connectivity index (χ1v) is 7.66. The Morgan fingerprint density at radius 3 is 2.69 bits per heavy atom. The Bertz CT molecular complexity index is 326. The average molecular weight is 264 g/mol. The summed E-state index contributed by atoms with van der Waals surface area (Å²) in [5.74, 6) is 0. The van der Waals surface area contributed by atoms with Crippen molar-refractivity contribution >= 4 is 22.5 Å². The summed E-state index contributed by atoms with van der Waals surface area (Å²) in [6, 6.07) is 0. The molecule has 0 unspecified atom stereocenters. The fraction of sp³-hybridized carbons (Fsp3) is 0.727. The second kappa shape index (κ2) is 5.94. The standard InChI is InChI=1S/C11H20ClN2OS/c1-11(2,16(3)4)5-6-15-9-14-7-10(12)13-8-14/h7-8H,5-6,9H2,1-4H3/q+1. The van der Waals surface area contributed by atoms with Gasteiger partial charge in [-0.1, -0.05) is 11.6 Å². The number of aromatic nitrogens is 2. The van der Waals surface area contributed by atoms with Crippen molar-refractivity contribution in [3.8, 4) is 0 Å². The number of hydrogen-bond acceptors (Lipinski definition) is 2. The fourth-order valence-corrected chi connectivity index (χ4v) is 1.76. The van der Waals surface area contributed by atoms with Crippen molar-refractivity contribution in [2.24, 2.45) is 0 Å². The van der Waals surface area contributed by atoms with E-state index in [1.807, 2.05) is 4.57 Å². The van der Waals surface area contributed by atoms with Crippen LogP contribution in [0.15, 0.2) is 12.5 Å². The van der Waals surface area contributed by atoms with E-state index in [-0.39, 0.29) is 0 Å². The summed E-state index contributed by atoms with van der Waals surface area (Å²) in [6.45, 7) is 5.87. The molecule has 0 aliphatic rings. The van der Waals surface area contributed by atoms with Gasteiger partial charge in [0.2, 0.25) is 0 Å². The molecular formula is C11H20ClN2OS+. The van der Waals surface area contributed by atoms with Gasteiger partial charge in [-0.25, -0.2) is 4.98 Å². The van der Waals surface area contributed by atoms with Crippen LogP contribution in [0.25, 0.3) is 0 Å². The summed E-state index contributed by atoms with van der Waals surface area (Å²) in [5.41, 5.74) is 0.